The zero-order valence-electron chi connectivity index (χ0n) is 16.8. The van der Waals surface area contributed by atoms with E-state index in [1.54, 1.807) is 0 Å². The van der Waals surface area contributed by atoms with Gasteiger partial charge in [-0.05, 0) is 37.4 Å². The number of rotatable bonds is 5. The molecule has 3 aromatic rings. The first-order chi connectivity index (χ1) is 14.6. The zero-order valence-corrected chi connectivity index (χ0v) is 16.8. The smallest absolute Gasteiger partial charge is 0.229 e. The standard InChI is InChI=1S/C22H24N8/c1-29-9-11-30(12-10-29)18-7-8-19(24)20(13-18)27-22-25-15-16(14-23)21(28-22)26-17-5-3-2-4-6-17/h2-8,13,15H,9-12,24H2,1H3,(H2,25,26,27,28). The van der Waals surface area contributed by atoms with Gasteiger partial charge in [0.2, 0.25) is 5.95 Å². The third-order valence-electron chi connectivity index (χ3n) is 5.10. The second-order valence-corrected chi connectivity index (χ2v) is 7.25. The van der Waals surface area contributed by atoms with Crippen molar-refractivity contribution in [3.8, 4) is 6.07 Å². The predicted molar refractivity (Wildman–Crippen MR) is 120 cm³/mol. The first-order valence-electron chi connectivity index (χ1n) is 9.81. The maximum atomic E-state index is 9.40. The molecule has 30 heavy (non-hydrogen) atoms. The van der Waals surface area contributed by atoms with Crippen LogP contribution >= 0.6 is 0 Å². The lowest BCUT2D eigenvalue weighted by molar-refractivity contribution is 0.313. The van der Waals surface area contributed by atoms with Crippen LogP contribution < -0.4 is 21.3 Å². The Morgan fingerprint density at radius 2 is 1.80 bits per heavy atom. The van der Waals surface area contributed by atoms with Crippen LogP contribution in [0.5, 0.6) is 0 Å². The van der Waals surface area contributed by atoms with E-state index in [0.717, 1.165) is 43.2 Å². The molecule has 2 heterocycles. The molecule has 2 aromatic carbocycles. The van der Waals surface area contributed by atoms with Crippen LogP contribution in [0, 0.1) is 11.3 Å². The van der Waals surface area contributed by atoms with Crippen LogP contribution in [0.15, 0.2) is 54.7 Å². The molecule has 152 valence electrons. The second-order valence-electron chi connectivity index (χ2n) is 7.25. The van der Waals surface area contributed by atoms with Crippen molar-refractivity contribution in [3.63, 3.8) is 0 Å². The molecule has 0 atom stereocenters. The van der Waals surface area contributed by atoms with Crippen LogP contribution in [-0.4, -0.2) is 48.1 Å². The summed E-state index contributed by atoms with van der Waals surface area (Å²) in [6.07, 6.45) is 1.50. The van der Waals surface area contributed by atoms with E-state index in [1.807, 2.05) is 48.5 Å². The molecule has 4 rings (SSSR count). The lowest BCUT2D eigenvalue weighted by Gasteiger charge is -2.34. The van der Waals surface area contributed by atoms with Crippen molar-refractivity contribution in [1.82, 2.24) is 14.9 Å². The maximum Gasteiger partial charge on any atom is 0.229 e. The molecule has 1 fully saturated rings. The van der Waals surface area contributed by atoms with Crippen LogP contribution in [0.4, 0.5) is 34.5 Å². The van der Waals surface area contributed by atoms with E-state index < -0.39 is 0 Å². The highest BCUT2D eigenvalue weighted by Crippen LogP contribution is 2.29. The van der Waals surface area contributed by atoms with Crippen molar-refractivity contribution in [2.75, 3.05) is 54.5 Å². The van der Waals surface area contributed by atoms with Gasteiger partial charge in [-0.15, -0.1) is 0 Å². The molecule has 1 aliphatic heterocycles. The summed E-state index contributed by atoms with van der Waals surface area (Å²) >= 11 is 0. The number of nitrogens with zero attached hydrogens (tertiary/aromatic N) is 5. The van der Waals surface area contributed by atoms with Crippen molar-refractivity contribution >= 4 is 34.5 Å². The summed E-state index contributed by atoms with van der Waals surface area (Å²) in [5.41, 5.74) is 9.86. The molecule has 0 bridgehead atoms. The minimum Gasteiger partial charge on any atom is -0.397 e. The molecule has 1 aromatic heterocycles. The van der Waals surface area contributed by atoms with Gasteiger partial charge in [-0.2, -0.15) is 10.2 Å². The summed E-state index contributed by atoms with van der Waals surface area (Å²) in [4.78, 5) is 13.4. The van der Waals surface area contributed by atoms with Crippen molar-refractivity contribution in [2.45, 2.75) is 0 Å². The quantitative estimate of drug-likeness (QED) is 0.561. The lowest BCUT2D eigenvalue weighted by atomic mass is 10.2. The first-order valence-corrected chi connectivity index (χ1v) is 9.81. The normalized spacial score (nSPS) is 14.2. The Labute approximate surface area is 176 Å². The average molecular weight is 400 g/mol. The molecule has 8 heteroatoms. The lowest BCUT2D eigenvalue weighted by Crippen LogP contribution is -2.44. The molecule has 0 saturated carbocycles. The van der Waals surface area contributed by atoms with Gasteiger partial charge in [0.15, 0.2) is 5.82 Å². The highest BCUT2D eigenvalue weighted by molar-refractivity contribution is 5.76. The predicted octanol–water partition coefficient (Wildman–Crippen LogP) is 3.17. The van der Waals surface area contributed by atoms with Gasteiger partial charge in [-0.3, -0.25) is 0 Å². The largest absolute Gasteiger partial charge is 0.397 e. The number of likely N-dealkylation sites (N-methyl/N-ethyl adjacent to an activating group) is 1. The third kappa shape index (κ3) is 4.42. The summed E-state index contributed by atoms with van der Waals surface area (Å²) < 4.78 is 0. The van der Waals surface area contributed by atoms with Crippen LogP contribution in [0.3, 0.4) is 0 Å². The van der Waals surface area contributed by atoms with Crippen molar-refractivity contribution in [1.29, 1.82) is 5.26 Å². The molecular weight excluding hydrogens is 376 g/mol. The van der Waals surface area contributed by atoms with Crippen LogP contribution in [0.2, 0.25) is 0 Å². The van der Waals surface area contributed by atoms with E-state index in [0.29, 0.717) is 23.0 Å². The van der Waals surface area contributed by atoms with Gasteiger partial charge in [0.1, 0.15) is 11.6 Å². The number of para-hydroxylation sites is 1. The van der Waals surface area contributed by atoms with Gasteiger partial charge in [-0.25, -0.2) is 4.98 Å². The molecule has 0 unspecified atom stereocenters. The fourth-order valence-electron chi connectivity index (χ4n) is 3.31. The molecule has 0 aliphatic carbocycles. The summed E-state index contributed by atoms with van der Waals surface area (Å²) in [6, 6.07) is 17.7. The topological polar surface area (TPSA) is 106 Å². The number of aromatic nitrogens is 2. The number of hydrogen-bond acceptors (Lipinski definition) is 8. The summed E-state index contributed by atoms with van der Waals surface area (Å²) in [5, 5.41) is 15.8. The Hall–Kier alpha value is -3.83. The summed E-state index contributed by atoms with van der Waals surface area (Å²) in [6.45, 7) is 4.00. The first kappa shape index (κ1) is 19.5. The minimum absolute atomic E-state index is 0.364. The molecule has 4 N–H and O–H groups in total. The van der Waals surface area contributed by atoms with Gasteiger partial charge in [0.05, 0.1) is 17.6 Å². The van der Waals surface area contributed by atoms with E-state index >= 15 is 0 Å². The number of nitrogen functional groups attached to an aromatic ring is 1. The van der Waals surface area contributed by atoms with Crippen LogP contribution in [-0.2, 0) is 0 Å². The summed E-state index contributed by atoms with van der Waals surface area (Å²) in [5.74, 6) is 0.810. The Kier molecular flexibility index (Phi) is 5.63. The van der Waals surface area contributed by atoms with Crippen molar-refractivity contribution < 1.29 is 0 Å². The molecule has 0 spiro atoms. The van der Waals surface area contributed by atoms with Gasteiger partial charge < -0.3 is 26.2 Å². The Balaban J connectivity index is 1.57. The number of piperazine rings is 1. The molecule has 1 saturated heterocycles. The zero-order chi connectivity index (χ0) is 20.9. The van der Waals surface area contributed by atoms with E-state index in [9.17, 15) is 5.26 Å². The third-order valence-corrected chi connectivity index (χ3v) is 5.10. The second kappa shape index (κ2) is 8.68. The Bertz CT molecular complexity index is 1050. The molecular formula is C22H24N8. The summed E-state index contributed by atoms with van der Waals surface area (Å²) in [7, 11) is 2.14. The number of nitrogens with two attached hydrogens (primary N) is 1. The fraction of sp³-hybridized carbons (Fsp3) is 0.227. The number of hydrogen-bond donors (Lipinski definition) is 3. The van der Waals surface area contributed by atoms with E-state index in [4.69, 9.17) is 5.73 Å². The molecule has 8 nitrogen and oxygen atoms in total. The van der Waals surface area contributed by atoms with Crippen LogP contribution in [0.1, 0.15) is 5.56 Å². The number of nitrogens with one attached hydrogen (secondary N) is 2. The van der Waals surface area contributed by atoms with E-state index in [2.05, 4.69) is 43.5 Å². The van der Waals surface area contributed by atoms with Gasteiger partial charge >= 0.3 is 0 Å². The Morgan fingerprint density at radius 1 is 1.03 bits per heavy atom. The van der Waals surface area contributed by atoms with Crippen LogP contribution in [0.25, 0.3) is 0 Å². The Morgan fingerprint density at radius 3 is 2.53 bits per heavy atom. The highest BCUT2D eigenvalue weighted by atomic mass is 15.2. The molecule has 1 aliphatic rings. The molecule has 0 radical (unpaired) electrons. The number of nitriles is 1. The van der Waals surface area contributed by atoms with Crippen molar-refractivity contribution in [3.05, 3.63) is 60.3 Å². The van der Waals surface area contributed by atoms with Gasteiger partial charge in [0, 0.05) is 37.6 Å². The number of anilines is 6. The SMILES string of the molecule is CN1CCN(c2ccc(N)c(Nc3ncc(C#N)c(Nc4ccccc4)n3)c2)CC1. The maximum absolute atomic E-state index is 9.40. The average Bonchev–Trinajstić information content (AvgIpc) is 2.77. The molecule has 0 amide bonds. The van der Waals surface area contributed by atoms with E-state index in [1.165, 1.54) is 6.20 Å². The van der Waals surface area contributed by atoms with Crippen molar-refractivity contribution in [2.24, 2.45) is 0 Å². The van der Waals surface area contributed by atoms with Gasteiger partial charge in [0.25, 0.3) is 0 Å². The highest BCUT2D eigenvalue weighted by Gasteiger charge is 2.16. The van der Waals surface area contributed by atoms with Gasteiger partial charge in [-0.1, -0.05) is 18.2 Å². The monoisotopic (exact) mass is 400 g/mol. The minimum atomic E-state index is 0.364. The van der Waals surface area contributed by atoms with E-state index in [-0.39, 0.29) is 0 Å². The number of benzene rings is 2. The fourth-order valence-corrected chi connectivity index (χ4v) is 3.31.